The number of rotatable bonds is 4. The number of carboxylic acids is 1. The van der Waals surface area contributed by atoms with Crippen LogP contribution in [0.4, 0.5) is 4.79 Å². The van der Waals surface area contributed by atoms with Crippen molar-refractivity contribution in [1.29, 1.82) is 0 Å². The monoisotopic (exact) mass is 337 g/mol. The first-order valence-corrected chi connectivity index (χ1v) is 7.99. The van der Waals surface area contributed by atoms with Gasteiger partial charge < -0.3 is 15.3 Å². The van der Waals surface area contributed by atoms with E-state index in [9.17, 15) is 19.2 Å². The van der Waals surface area contributed by atoms with Gasteiger partial charge in [-0.25, -0.2) is 9.59 Å². The maximum Gasteiger partial charge on any atom is 0.345 e. The average Bonchev–Trinajstić information content (AvgIpc) is 3.21. The molecule has 122 valence electrons. The second-order valence-electron chi connectivity index (χ2n) is 5.39. The standard InChI is InChI=1S/C14H15N3O5S/c18-11-6-15-14(22)17(11)7-12(19)16-5-1-2-8(16)9-3-4-10(23-9)13(20)21/h3-4,8H,1-2,5-7H2,(H,15,22)(H,20,21)/t8-/m1/s1. The maximum absolute atomic E-state index is 12.5. The van der Waals surface area contributed by atoms with Gasteiger partial charge in [-0.3, -0.25) is 14.5 Å². The zero-order valence-corrected chi connectivity index (χ0v) is 13.0. The Bertz CT molecular complexity index is 670. The Morgan fingerprint density at radius 2 is 2.13 bits per heavy atom. The maximum atomic E-state index is 12.5. The molecule has 23 heavy (non-hydrogen) atoms. The second kappa shape index (κ2) is 5.99. The molecule has 4 amide bonds. The molecule has 0 unspecified atom stereocenters. The summed E-state index contributed by atoms with van der Waals surface area (Å²) in [6.07, 6.45) is 1.54. The molecule has 8 nitrogen and oxygen atoms in total. The van der Waals surface area contributed by atoms with Crippen LogP contribution in [0.5, 0.6) is 0 Å². The minimum absolute atomic E-state index is 0.0809. The third-order valence-corrected chi connectivity index (χ3v) is 5.14. The number of aromatic carboxylic acids is 1. The molecule has 2 saturated heterocycles. The molecule has 9 heteroatoms. The highest BCUT2D eigenvalue weighted by Gasteiger charge is 2.36. The van der Waals surface area contributed by atoms with Crippen molar-refractivity contribution >= 4 is 35.2 Å². The van der Waals surface area contributed by atoms with Crippen molar-refractivity contribution in [1.82, 2.24) is 15.1 Å². The summed E-state index contributed by atoms with van der Waals surface area (Å²) in [6, 6.07) is 2.50. The number of thiophene rings is 1. The first-order valence-electron chi connectivity index (χ1n) is 7.18. The summed E-state index contributed by atoms with van der Waals surface area (Å²) >= 11 is 1.15. The number of carbonyl (C=O) groups excluding carboxylic acids is 3. The van der Waals surface area contributed by atoms with E-state index in [2.05, 4.69) is 5.32 Å². The molecular formula is C14H15N3O5S. The third kappa shape index (κ3) is 2.91. The molecule has 0 bridgehead atoms. The molecule has 1 aromatic heterocycles. The molecule has 0 aromatic carbocycles. The van der Waals surface area contributed by atoms with Gasteiger partial charge >= 0.3 is 12.0 Å². The van der Waals surface area contributed by atoms with Crippen molar-refractivity contribution in [2.24, 2.45) is 0 Å². The van der Waals surface area contributed by atoms with Crippen molar-refractivity contribution in [3.05, 3.63) is 21.9 Å². The Kier molecular flexibility index (Phi) is 4.03. The fraction of sp³-hybridized carbons (Fsp3) is 0.429. The van der Waals surface area contributed by atoms with E-state index in [-0.39, 0.29) is 29.9 Å². The van der Waals surface area contributed by atoms with Gasteiger partial charge in [0.25, 0.3) is 5.91 Å². The number of hydrogen-bond acceptors (Lipinski definition) is 5. The smallest absolute Gasteiger partial charge is 0.345 e. The van der Waals surface area contributed by atoms with E-state index < -0.39 is 17.9 Å². The predicted molar refractivity (Wildman–Crippen MR) is 80.1 cm³/mol. The van der Waals surface area contributed by atoms with Gasteiger partial charge in [-0.1, -0.05) is 0 Å². The van der Waals surface area contributed by atoms with E-state index in [4.69, 9.17) is 5.11 Å². The zero-order chi connectivity index (χ0) is 16.6. The molecule has 2 aliphatic heterocycles. The molecular weight excluding hydrogens is 322 g/mol. The highest BCUT2D eigenvalue weighted by atomic mass is 32.1. The summed E-state index contributed by atoms with van der Waals surface area (Å²) in [7, 11) is 0. The van der Waals surface area contributed by atoms with Crippen molar-refractivity contribution in [2.45, 2.75) is 18.9 Å². The van der Waals surface area contributed by atoms with Crippen LogP contribution < -0.4 is 5.32 Å². The van der Waals surface area contributed by atoms with Crippen molar-refractivity contribution in [2.75, 3.05) is 19.6 Å². The van der Waals surface area contributed by atoms with Gasteiger partial charge in [0.1, 0.15) is 11.4 Å². The number of imide groups is 1. The lowest BCUT2D eigenvalue weighted by Gasteiger charge is -2.25. The minimum atomic E-state index is -0.989. The average molecular weight is 337 g/mol. The first kappa shape index (κ1) is 15.5. The number of carboxylic acid groups (broad SMARTS) is 1. The number of urea groups is 1. The van der Waals surface area contributed by atoms with Gasteiger partial charge in [0.2, 0.25) is 5.91 Å². The Morgan fingerprint density at radius 1 is 1.35 bits per heavy atom. The van der Waals surface area contributed by atoms with E-state index in [0.29, 0.717) is 6.54 Å². The summed E-state index contributed by atoms with van der Waals surface area (Å²) < 4.78 is 0. The lowest BCUT2D eigenvalue weighted by molar-refractivity contribution is -0.137. The molecule has 0 radical (unpaired) electrons. The molecule has 2 fully saturated rings. The van der Waals surface area contributed by atoms with E-state index in [1.165, 1.54) is 6.07 Å². The van der Waals surface area contributed by atoms with Gasteiger partial charge in [0.05, 0.1) is 12.6 Å². The Morgan fingerprint density at radius 3 is 2.74 bits per heavy atom. The molecule has 0 aliphatic carbocycles. The number of likely N-dealkylation sites (tertiary alicyclic amines) is 1. The molecule has 2 aliphatic rings. The summed E-state index contributed by atoms with van der Waals surface area (Å²) in [6.45, 7) is 0.175. The molecule has 3 heterocycles. The van der Waals surface area contributed by atoms with Crippen LogP contribution in [-0.2, 0) is 9.59 Å². The minimum Gasteiger partial charge on any atom is -0.477 e. The molecule has 0 saturated carbocycles. The van der Waals surface area contributed by atoms with Crippen LogP contribution in [-0.4, -0.2) is 58.4 Å². The number of hydrogen-bond donors (Lipinski definition) is 2. The van der Waals surface area contributed by atoms with Crippen molar-refractivity contribution in [3.8, 4) is 0 Å². The zero-order valence-electron chi connectivity index (χ0n) is 12.2. The molecule has 0 spiro atoms. The van der Waals surface area contributed by atoms with Crippen molar-refractivity contribution < 1.29 is 24.3 Å². The van der Waals surface area contributed by atoms with Crippen LogP contribution in [0.15, 0.2) is 12.1 Å². The summed E-state index contributed by atoms with van der Waals surface area (Å²) in [4.78, 5) is 50.1. The van der Waals surface area contributed by atoms with Gasteiger partial charge in [0.15, 0.2) is 0 Å². The SMILES string of the molecule is O=C(O)c1ccc([C@H]2CCCN2C(=O)CN2C(=O)CNC2=O)s1. The van der Waals surface area contributed by atoms with Gasteiger partial charge in [0, 0.05) is 11.4 Å². The van der Waals surface area contributed by atoms with Crippen LogP contribution in [0.3, 0.4) is 0 Å². The Hall–Kier alpha value is -2.42. The number of nitrogens with one attached hydrogen (secondary N) is 1. The van der Waals surface area contributed by atoms with Gasteiger partial charge in [-0.15, -0.1) is 11.3 Å². The summed E-state index contributed by atoms with van der Waals surface area (Å²) in [5.41, 5.74) is 0. The van der Waals surface area contributed by atoms with Crippen LogP contribution >= 0.6 is 11.3 Å². The Labute approximate surface area is 135 Å². The fourth-order valence-electron chi connectivity index (χ4n) is 2.85. The quantitative estimate of drug-likeness (QED) is 0.785. The highest BCUT2D eigenvalue weighted by molar-refractivity contribution is 7.14. The topological polar surface area (TPSA) is 107 Å². The summed E-state index contributed by atoms with van der Waals surface area (Å²) in [5, 5.41) is 11.4. The van der Waals surface area contributed by atoms with Crippen LogP contribution in [0, 0.1) is 0 Å². The fourth-order valence-corrected chi connectivity index (χ4v) is 3.84. The second-order valence-corrected chi connectivity index (χ2v) is 6.51. The molecule has 1 aromatic rings. The van der Waals surface area contributed by atoms with Crippen molar-refractivity contribution in [3.63, 3.8) is 0 Å². The van der Waals surface area contributed by atoms with Crippen LogP contribution in [0.2, 0.25) is 0 Å². The number of amides is 4. The van der Waals surface area contributed by atoms with E-state index in [1.54, 1.807) is 11.0 Å². The van der Waals surface area contributed by atoms with Gasteiger partial charge in [-0.05, 0) is 25.0 Å². The van der Waals surface area contributed by atoms with E-state index in [0.717, 1.165) is 34.0 Å². The molecule has 3 rings (SSSR count). The third-order valence-electron chi connectivity index (χ3n) is 3.97. The highest BCUT2D eigenvalue weighted by Crippen LogP contribution is 2.36. The largest absolute Gasteiger partial charge is 0.477 e. The normalized spacial score (nSPS) is 21.0. The molecule has 1 atom stereocenters. The Balaban J connectivity index is 1.73. The summed E-state index contributed by atoms with van der Waals surface area (Å²) in [5.74, 6) is -1.71. The lowest BCUT2D eigenvalue weighted by atomic mass is 10.2. The van der Waals surface area contributed by atoms with Crippen LogP contribution in [0.1, 0.15) is 33.4 Å². The predicted octanol–water partition coefficient (Wildman–Crippen LogP) is 0.662. The van der Waals surface area contributed by atoms with E-state index >= 15 is 0 Å². The first-order chi connectivity index (χ1) is 11.0. The number of carbonyl (C=O) groups is 4. The van der Waals surface area contributed by atoms with Gasteiger partial charge in [-0.2, -0.15) is 0 Å². The number of nitrogens with zero attached hydrogens (tertiary/aromatic N) is 2. The lowest BCUT2D eigenvalue weighted by Crippen LogP contribution is -2.42. The van der Waals surface area contributed by atoms with Crippen LogP contribution in [0.25, 0.3) is 0 Å². The van der Waals surface area contributed by atoms with E-state index in [1.807, 2.05) is 0 Å². The molecule has 2 N–H and O–H groups in total.